The maximum Gasteiger partial charge on any atom is 0.318 e. The number of anilines is 1. The van der Waals surface area contributed by atoms with Gasteiger partial charge in [0.25, 0.3) is 0 Å². The number of amides is 1. The van der Waals surface area contributed by atoms with Crippen molar-refractivity contribution < 1.29 is 23.4 Å². The molecule has 1 aromatic carbocycles. The van der Waals surface area contributed by atoms with Gasteiger partial charge in [0.05, 0.1) is 27.9 Å². The van der Waals surface area contributed by atoms with Crippen molar-refractivity contribution in [3.8, 4) is 18.4 Å². The number of halogens is 2. The third-order valence-corrected chi connectivity index (χ3v) is 12.3. The highest BCUT2D eigenvalue weighted by molar-refractivity contribution is 5.87. The lowest BCUT2D eigenvalue weighted by atomic mass is 9.75. The number of aliphatic hydroxyl groups is 1. The number of nitrogens with zero attached hydrogens (tertiary/aromatic N) is 6. The van der Waals surface area contributed by atoms with E-state index in [1.807, 2.05) is 33.0 Å². The van der Waals surface area contributed by atoms with Crippen LogP contribution in [0, 0.1) is 18.2 Å². The Balaban J connectivity index is 1.21. The van der Waals surface area contributed by atoms with Gasteiger partial charge in [-0.25, -0.2) is 8.78 Å². The van der Waals surface area contributed by atoms with Gasteiger partial charge in [0.1, 0.15) is 24.4 Å². The second-order valence-electron chi connectivity index (χ2n) is 16.2. The van der Waals surface area contributed by atoms with Crippen LogP contribution in [0.4, 0.5) is 14.6 Å². The van der Waals surface area contributed by atoms with Gasteiger partial charge in [-0.2, -0.15) is 9.97 Å². The Bertz CT molecular complexity index is 1930. The van der Waals surface area contributed by atoms with Crippen LogP contribution in [0.1, 0.15) is 91.9 Å². The minimum absolute atomic E-state index is 0.123. The van der Waals surface area contributed by atoms with E-state index in [-0.39, 0.29) is 30.1 Å². The number of likely N-dealkylation sites (tertiary alicyclic amines) is 1. The summed E-state index contributed by atoms with van der Waals surface area (Å²) in [6.07, 6.45) is 15.1. The molecule has 2 N–H and O–H groups in total. The Morgan fingerprint density at radius 2 is 1.96 bits per heavy atom. The van der Waals surface area contributed by atoms with Gasteiger partial charge in [-0.05, 0) is 80.5 Å². The van der Waals surface area contributed by atoms with Crippen molar-refractivity contribution in [2.75, 3.05) is 38.6 Å². The summed E-state index contributed by atoms with van der Waals surface area (Å²) in [5, 5.41) is 15.0. The fourth-order valence-electron chi connectivity index (χ4n) is 9.28. The predicted molar refractivity (Wildman–Crippen MR) is 203 cm³/mol. The number of aromatic nitrogens is 3. The van der Waals surface area contributed by atoms with Gasteiger partial charge >= 0.3 is 6.01 Å². The van der Waals surface area contributed by atoms with Crippen LogP contribution in [0.2, 0.25) is 0 Å². The molecule has 0 spiro atoms. The lowest BCUT2D eigenvalue weighted by molar-refractivity contribution is -0.129. The molecule has 2 aliphatic heterocycles. The Kier molecular flexibility index (Phi) is 10.5. The standard InChI is InChI=1S/C42H51F2N7O3/c1-6-31-33(44)11-10-29-20-41(4,53)22-35(37(29)31)50-19-14-32-34(25-50)47-39(48-38(32)46-26-42(15-8-9-16-42)49(5)36(52)7-2)54-27-40(3)21-30(43)24-51(40)23-28-12-17-45-18-13-28/h1,7,10-13,17-18,30,35,53H,2,8-9,14-16,19-27H2,3-5H3,(H,46,47,48)/t30-,35-,40+,41+/m1/s1. The molecule has 10 nitrogen and oxygen atoms in total. The van der Waals surface area contributed by atoms with Gasteiger partial charge in [0, 0.05) is 76.6 Å². The molecule has 1 saturated heterocycles. The first-order valence-electron chi connectivity index (χ1n) is 19.0. The molecule has 1 saturated carbocycles. The molecule has 4 atom stereocenters. The number of carbonyl (C=O) groups excluding carboxylic acids is 1. The molecular weight excluding hydrogens is 689 g/mol. The van der Waals surface area contributed by atoms with E-state index < -0.39 is 28.7 Å². The first-order valence-corrected chi connectivity index (χ1v) is 19.0. The zero-order valence-corrected chi connectivity index (χ0v) is 31.6. The molecule has 0 bridgehead atoms. The number of rotatable bonds is 11. The molecule has 2 aliphatic carbocycles. The van der Waals surface area contributed by atoms with Gasteiger partial charge < -0.3 is 20.1 Å². The second-order valence-corrected chi connectivity index (χ2v) is 16.2. The molecule has 286 valence electrons. The Labute approximate surface area is 317 Å². The number of carbonyl (C=O) groups is 1. The number of hydrogen-bond donors (Lipinski definition) is 2. The van der Waals surface area contributed by atoms with Crippen LogP contribution in [0.15, 0.2) is 49.3 Å². The highest BCUT2D eigenvalue weighted by Crippen LogP contribution is 2.44. The summed E-state index contributed by atoms with van der Waals surface area (Å²) in [5.74, 6) is 2.66. The third kappa shape index (κ3) is 7.46. The number of pyridine rings is 1. The summed E-state index contributed by atoms with van der Waals surface area (Å²) in [4.78, 5) is 33.0. The molecule has 2 fully saturated rings. The molecule has 0 radical (unpaired) electrons. The van der Waals surface area contributed by atoms with Crippen molar-refractivity contribution in [3.63, 3.8) is 0 Å². The van der Waals surface area contributed by atoms with Crippen LogP contribution in [0.3, 0.4) is 0 Å². The number of ether oxygens (including phenoxy) is 1. The first kappa shape index (κ1) is 37.9. The number of fused-ring (bicyclic) bond motifs is 2. The number of alkyl halides is 1. The van der Waals surface area contributed by atoms with Gasteiger partial charge in [0.15, 0.2) is 0 Å². The summed E-state index contributed by atoms with van der Waals surface area (Å²) in [7, 11) is 1.83. The number of benzene rings is 1. The summed E-state index contributed by atoms with van der Waals surface area (Å²) < 4.78 is 36.6. The van der Waals surface area contributed by atoms with E-state index in [1.165, 1.54) is 12.1 Å². The van der Waals surface area contributed by atoms with Crippen molar-refractivity contribution in [1.29, 1.82) is 0 Å². The normalized spacial score (nSPS) is 26.4. The number of terminal acetylenes is 1. The van der Waals surface area contributed by atoms with Gasteiger partial charge in [-0.15, -0.1) is 6.42 Å². The number of hydrogen-bond acceptors (Lipinski definition) is 9. The summed E-state index contributed by atoms with van der Waals surface area (Å²) in [6, 6.07) is 6.83. The molecule has 1 amide bonds. The van der Waals surface area contributed by atoms with Crippen molar-refractivity contribution in [3.05, 3.63) is 88.6 Å². The van der Waals surface area contributed by atoms with E-state index in [0.717, 1.165) is 53.6 Å². The third-order valence-electron chi connectivity index (χ3n) is 12.3. The van der Waals surface area contributed by atoms with Crippen LogP contribution >= 0.6 is 0 Å². The maximum absolute atomic E-state index is 15.1. The number of likely N-dealkylation sites (N-methyl/N-ethyl adjacent to an activating group) is 1. The van der Waals surface area contributed by atoms with E-state index in [9.17, 15) is 9.90 Å². The molecule has 0 unspecified atom stereocenters. The van der Waals surface area contributed by atoms with Crippen molar-refractivity contribution in [2.45, 2.75) is 107 Å². The van der Waals surface area contributed by atoms with E-state index in [2.05, 4.69) is 32.6 Å². The molecule has 54 heavy (non-hydrogen) atoms. The lowest BCUT2D eigenvalue weighted by Gasteiger charge is -2.44. The molecule has 4 heterocycles. The Morgan fingerprint density at radius 3 is 2.69 bits per heavy atom. The topological polar surface area (TPSA) is 107 Å². The summed E-state index contributed by atoms with van der Waals surface area (Å²) in [6.45, 7) is 10.0. The van der Waals surface area contributed by atoms with Crippen LogP contribution in [0.25, 0.3) is 0 Å². The smallest absolute Gasteiger partial charge is 0.318 e. The molecular formula is C42H51F2N7O3. The SMILES string of the molecule is C#Cc1c(F)ccc2c1[C@H](N1CCc3c(nc(OC[C@]4(C)C[C@@H](F)CN4Cc4ccncc4)nc3NCC3(N(C)C(=O)C=C)CCCC3)C1)C[C@@](C)(O)C2. The predicted octanol–water partition coefficient (Wildman–Crippen LogP) is 5.54. The quantitative estimate of drug-likeness (QED) is 0.194. The van der Waals surface area contributed by atoms with Gasteiger partial charge in [-0.3, -0.25) is 19.6 Å². The average Bonchev–Trinajstić information content (AvgIpc) is 3.75. The van der Waals surface area contributed by atoms with Gasteiger partial charge in [-0.1, -0.05) is 31.4 Å². The fourth-order valence-corrected chi connectivity index (χ4v) is 9.28. The highest BCUT2D eigenvalue weighted by atomic mass is 19.1. The minimum atomic E-state index is -1.01. The minimum Gasteiger partial charge on any atom is -0.461 e. The second kappa shape index (κ2) is 15.0. The maximum atomic E-state index is 15.1. The van der Waals surface area contributed by atoms with Crippen molar-refractivity contribution >= 4 is 11.7 Å². The zero-order valence-electron chi connectivity index (χ0n) is 31.6. The number of nitrogens with one attached hydrogen (secondary N) is 1. The molecule has 7 rings (SSSR count). The Morgan fingerprint density at radius 1 is 1.20 bits per heavy atom. The van der Waals surface area contributed by atoms with Crippen molar-refractivity contribution in [1.82, 2.24) is 29.7 Å². The van der Waals surface area contributed by atoms with Crippen LogP contribution in [-0.4, -0.2) is 96.8 Å². The van der Waals surface area contributed by atoms with Crippen LogP contribution in [0.5, 0.6) is 6.01 Å². The molecule has 12 heteroatoms. The largest absolute Gasteiger partial charge is 0.461 e. The van der Waals surface area contributed by atoms with E-state index in [4.69, 9.17) is 21.1 Å². The van der Waals surface area contributed by atoms with E-state index in [0.29, 0.717) is 64.2 Å². The summed E-state index contributed by atoms with van der Waals surface area (Å²) >= 11 is 0. The van der Waals surface area contributed by atoms with Crippen LogP contribution in [-0.2, 0) is 30.7 Å². The van der Waals surface area contributed by atoms with Gasteiger partial charge in [0.2, 0.25) is 5.91 Å². The lowest BCUT2D eigenvalue weighted by Crippen LogP contribution is -2.51. The van der Waals surface area contributed by atoms with E-state index >= 15 is 8.78 Å². The average molecular weight is 740 g/mol. The van der Waals surface area contributed by atoms with Crippen molar-refractivity contribution in [2.24, 2.45) is 0 Å². The van der Waals surface area contributed by atoms with E-state index in [1.54, 1.807) is 23.4 Å². The molecule has 3 aromatic rings. The fraction of sp³-hybridized carbons (Fsp3) is 0.524. The molecule has 2 aromatic heterocycles. The zero-order chi connectivity index (χ0) is 38.3. The van der Waals surface area contributed by atoms with Crippen LogP contribution < -0.4 is 10.1 Å². The molecule has 4 aliphatic rings. The first-order chi connectivity index (χ1) is 25.8. The Hall–Kier alpha value is -4.44. The monoisotopic (exact) mass is 739 g/mol. The highest BCUT2D eigenvalue weighted by Gasteiger charge is 2.44. The summed E-state index contributed by atoms with van der Waals surface area (Å²) in [5.41, 5.74) is 2.54.